The van der Waals surface area contributed by atoms with Crippen LogP contribution in [0, 0.1) is 6.92 Å². The number of carboxylic acid groups (broad SMARTS) is 1. The quantitative estimate of drug-likeness (QED) is 0.458. The van der Waals surface area contributed by atoms with Crippen molar-refractivity contribution in [2.24, 2.45) is 7.05 Å². The van der Waals surface area contributed by atoms with Crippen molar-refractivity contribution in [3.8, 4) is 22.7 Å². The summed E-state index contributed by atoms with van der Waals surface area (Å²) in [5, 5.41) is 9.47. The number of carbonyl (C=O) groups is 1. The highest BCUT2D eigenvalue weighted by Crippen LogP contribution is 2.37. The maximum atomic E-state index is 13.2. The zero-order valence-electron chi connectivity index (χ0n) is 17.7. The lowest BCUT2D eigenvalue weighted by atomic mass is 10.0. The van der Waals surface area contributed by atoms with E-state index in [1.807, 2.05) is 6.92 Å². The number of rotatable bonds is 5. The van der Waals surface area contributed by atoms with E-state index in [2.05, 4.69) is 4.37 Å². The van der Waals surface area contributed by atoms with Gasteiger partial charge in [-0.25, -0.2) is 14.2 Å². The molecule has 0 fully saturated rings. The van der Waals surface area contributed by atoms with Gasteiger partial charge in [0.25, 0.3) is 5.56 Å². The minimum Gasteiger partial charge on any atom is -0.481 e. The Morgan fingerprint density at radius 2 is 1.88 bits per heavy atom. The van der Waals surface area contributed by atoms with Gasteiger partial charge in [0.2, 0.25) is 0 Å². The van der Waals surface area contributed by atoms with Gasteiger partial charge in [0.05, 0.1) is 16.1 Å². The summed E-state index contributed by atoms with van der Waals surface area (Å²) in [6.07, 6.45) is -4.86. The van der Waals surface area contributed by atoms with Crippen molar-refractivity contribution in [1.82, 2.24) is 13.5 Å². The Morgan fingerprint density at radius 3 is 2.56 bits per heavy atom. The minimum absolute atomic E-state index is 0.0638. The van der Waals surface area contributed by atoms with E-state index >= 15 is 0 Å². The molecule has 0 aliphatic carbocycles. The molecule has 0 bridgehead atoms. The van der Waals surface area contributed by atoms with Gasteiger partial charge in [0, 0.05) is 24.1 Å². The van der Waals surface area contributed by atoms with Crippen molar-refractivity contribution in [1.29, 1.82) is 0 Å². The number of ether oxygens (including phenoxy) is 1. The number of aryl methyl sites for hydroxylation is 1. The van der Waals surface area contributed by atoms with Crippen LogP contribution in [0.4, 0.5) is 13.2 Å². The van der Waals surface area contributed by atoms with E-state index in [0.29, 0.717) is 36.5 Å². The van der Waals surface area contributed by atoms with Crippen LogP contribution in [-0.2, 0) is 18.0 Å². The fourth-order valence-electron chi connectivity index (χ4n) is 3.49. The van der Waals surface area contributed by atoms with Gasteiger partial charge >= 0.3 is 17.8 Å². The Bertz CT molecular complexity index is 1550. The largest absolute Gasteiger partial charge is 0.481 e. The number of alkyl halides is 3. The molecule has 1 N–H and O–H groups in total. The fraction of sp³-hybridized carbons (Fsp3) is 0.182. The second-order valence-corrected chi connectivity index (χ2v) is 8.24. The maximum Gasteiger partial charge on any atom is 0.431 e. The average Bonchev–Trinajstić information content (AvgIpc) is 3.17. The molecule has 2 heterocycles. The van der Waals surface area contributed by atoms with E-state index < -0.39 is 35.7 Å². The zero-order chi connectivity index (χ0) is 24.8. The molecule has 0 spiro atoms. The topological polar surface area (TPSA) is 103 Å². The van der Waals surface area contributed by atoms with Crippen molar-refractivity contribution in [3.63, 3.8) is 0 Å². The van der Waals surface area contributed by atoms with Crippen molar-refractivity contribution in [2.45, 2.75) is 13.1 Å². The third kappa shape index (κ3) is 4.19. The summed E-state index contributed by atoms with van der Waals surface area (Å²) in [5.74, 6) is -0.886. The second-order valence-electron chi connectivity index (χ2n) is 7.44. The highest BCUT2D eigenvalue weighted by atomic mass is 32.1. The van der Waals surface area contributed by atoms with Gasteiger partial charge in [0.1, 0.15) is 11.4 Å². The van der Waals surface area contributed by atoms with Crippen molar-refractivity contribution < 1.29 is 27.8 Å². The second kappa shape index (κ2) is 8.45. The highest BCUT2D eigenvalue weighted by Gasteiger charge is 2.35. The van der Waals surface area contributed by atoms with Gasteiger partial charge in [0.15, 0.2) is 6.61 Å². The van der Waals surface area contributed by atoms with Crippen LogP contribution in [-0.4, -0.2) is 31.2 Å². The average molecular weight is 491 g/mol. The summed E-state index contributed by atoms with van der Waals surface area (Å²) < 4.78 is 51.0. The number of aromatic nitrogens is 3. The fourth-order valence-corrected chi connectivity index (χ4v) is 4.26. The molecular weight excluding hydrogens is 475 g/mol. The summed E-state index contributed by atoms with van der Waals surface area (Å²) in [4.78, 5) is 36.1. The van der Waals surface area contributed by atoms with Crippen LogP contribution in [0.2, 0.25) is 0 Å². The van der Waals surface area contributed by atoms with Crippen LogP contribution in [0.1, 0.15) is 11.3 Å². The molecule has 2 aromatic heterocycles. The number of halogens is 3. The molecule has 0 saturated heterocycles. The maximum absolute atomic E-state index is 13.2. The monoisotopic (exact) mass is 491 g/mol. The highest BCUT2D eigenvalue weighted by molar-refractivity contribution is 7.13. The Labute approximate surface area is 193 Å². The summed E-state index contributed by atoms with van der Waals surface area (Å²) in [5.41, 5.74) is -1.79. The first-order valence-electron chi connectivity index (χ1n) is 9.73. The van der Waals surface area contributed by atoms with E-state index in [4.69, 9.17) is 9.84 Å². The molecule has 176 valence electrons. The van der Waals surface area contributed by atoms with Crippen LogP contribution in [0.15, 0.2) is 52.1 Å². The summed E-state index contributed by atoms with van der Waals surface area (Å²) in [6, 6.07) is 10.00. The smallest absolute Gasteiger partial charge is 0.431 e. The number of hydrogen-bond donors (Lipinski definition) is 1. The lowest BCUT2D eigenvalue weighted by Crippen LogP contribution is -2.40. The van der Waals surface area contributed by atoms with Gasteiger partial charge < -0.3 is 9.84 Å². The molecule has 0 radical (unpaired) electrons. The summed E-state index contributed by atoms with van der Waals surface area (Å²) >= 11 is 1.13. The van der Waals surface area contributed by atoms with Crippen LogP contribution >= 0.6 is 11.5 Å². The van der Waals surface area contributed by atoms with E-state index in [-0.39, 0.29) is 11.4 Å². The van der Waals surface area contributed by atoms with Crippen LogP contribution < -0.4 is 16.0 Å². The lowest BCUT2D eigenvalue weighted by molar-refractivity contribution is -0.144. The molecule has 0 aliphatic rings. The first-order valence-corrected chi connectivity index (χ1v) is 10.5. The van der Waals surface area contributed by atoms with Gasteiger partial charge in [-0.15, -0.1) is 0 Å². The van der Waals surface area contributed by atoms with Crippen molar-refractivity contribution in [2.75, 3.05) is 6.61 Å². The standard InChI is InChI=1S/C22H16F3N3O5S/c1-11-3-5-15(33-10-19(30)31)13(7-11)20-14-8-12(4-6-16(14)34-26-20)28-18(29)9-17(22(23,24)25)27(2)21(28)32/h3-9H,10H2,1-2H3,(H,30,31). The minimum atomic E-state index is -4.86. The lowest BCUT2D eigenvalue weighted by Gasteiger charge is -2.14. The first-order chi connectivity index (χ1) is 16.0. The molecule has 2 aromatic carbocycles. The molecule has 4 rings (SSSR count). The van der Waals surface area contributed by atoms with E-state index in [1.54, 1.807) is 24.3 Å². The Balaban J connectivity index is 1.91. The van der Waals surface area contributed by atoms with Crippen molar-refractivity contribution in [3.05, 3.63) is 74.6 Å². The molecule has 0 unspecified atom stereocenters. The van der Waals surface area contributed by atoms with Gasteiger partial charge in [-0.2, -0.15) is 17.5 Å². The number of benzene rings is 2. The third-order valence-electron chi connectivity index (χ3n) is 5.06. The number of nitrogens with zero attached hydrogens (tertiary/aromatic N) is 3. The number of aliphatic carboxylic acids is 1. The molecule has 8 nitrogen and oxygen atoms in total. The molecule has 12 heteroatoms. The summed E-state index contributed by atoms with van der Waals surface area (Å²) in [6.45, 7) is 1.26. The van der Waals surface area contributed by atoms with Crippen LogP contribution in [0.5, 0.6) is 5.75 Å². The predicted molar refractivity (Wildman–Crippen MR) is 119 cm³/mol. The Hall–Kier alpha value is -3.93. The normalized spacial score (nSPS) is 11.7. The molecule has 34 heavy (non-hydrogen) atoms. The van der Waals surface area contributed by atoms with E-state index in [0.717, 1.165) is 24.1 Å². The molecule has 0 atom stereocenters. The molecule has 0 aliphatic heterocycles. The predicted octanol–water partition coefficient (Wildman–Crippen LogP) is 3.60. The SMILES string of the molecule is Cc1ccc(OCC(=O)O)c(-c2nsc3ccc(-n4c(=O)cc(C(F)(F)F)n(C)c4=O)cc23)c1. The van der Waals surface area contributed by atoms with Crippen LogP contribution in [0.25, 0.3) is 27.0 Å². The number of carboxylic acids is 1. The first kappa shape index (κ1) is 23.2. The Kier molecular flexibility index (Phi) is 5.77. The van der Waals surface area contributed by atoms with Gasteiger partial charge in [-0.3, -0.25) is 9.36 Å². The number of hydrogen-bond acceptors (Lipinski definition) is 6. The molecule has 0 saturated carbocycles. The third-order valence-corrected chi connectivity index (χ3v) is 5.89. The Morgan fingerprint density at radius 1 is 1.15 bits per heavy atom. The van der Waals surface area contributed by atoms with Crippen LogP contribution in [0.3, 0.4) is 0 Å². The van der Waals surface area contributed by atoms with E-state index in [1.165, 1.54) is 12.1 Å². The van der Waals surface area contributed by atoms with Gasteiger partial charge in [-0.05, 0) is 48.8 Å². The number of fused-ring (bicyclic) bond motifs is 1. The van der Waals surface area contributed by atoms with Crippen molar-refractivity contribution >= 4 is 27.6 Å². The zero-order valence-corrected chi connectivity index (χ0v) is 18.5. The molecular formula is C22H16F3N3O5S. The van der Waals surface area contributed by atoms with Gasteiger partial charge in [-0.1, -0.05) is 11.6 Å². The summed E-state index contributed by atoms with van der Waals surface area (Å²) in [7, 11) is 0.940. The van der Waals surface area contributed by atoms with E-state index in [9.17, 15) is 27.6 Å². The molecule has 0 amide bonds. The molecule has 4 aromatic rings.